The lowest BCUT2D eigenvalue weighted by atomic mass is 9.68. The van der Waals surface area contributed by atoms with E-state index < -0.39 is 0 Å². The molecule has 0 atom stereocenters. The summed E-state index contributed by atoms with van der Waals surface area (Å²) in [6, 6.07) is 18.7. The van der Waals surface area contributed by atoms with Crippen LogP contribution in [0.2, 0.25) is 0 Å². The van der Waals surface area contributed by atoms with Crippen LogP contribution in [0.5, 0.6) is 0 Å². The van der Waals surface area contributed by atoms with E-state index in [1.165, 1.54) is 24.0 Å². The van der Waals surface area contributed by atoms with Gasteiger partial charge >= 0.3 is 0 Å². The molecule has 1 fully saturated rings. The maximum Gasteiger partial charge on any atom is 0.251 e. The fourth-order valence-electron chi connectivity index (χ4n) is 4.63. The largest absolute Gasteiger partial charge is 0.353 e. The smallest absolute Gasteiger partial charge is 0.251 e. The van der Waals surface area contributed by atoms with Gasteiger partial charge in [-0.15, -0.1) is 0 Å². The lowest BCUT2D eigenvalue weighted by molar-refractivity contribution is 0.0935. The van der Waals surface area contributed by atoms with Gasteiger partial charge in [0.1, 0.15) is 0 Å². The Bertz CT molecular complexity index is 954. The number of hydrogen-bond donors (Lipinski definition) is 3. The van der Waals surface area contributed by atoms with Crippen LogP contribution in [0.3, 0.4) is 0 Å². The second-order valence-corrected chi connectivity index (χ2v) is 8.86. The molecule has 0 heterocycles. The number of aryl methyl sites for hydroxylation is 1. The van der Waals surface area contributed by atoms with Crippen LogP contribution in [0, 0.1) is 11.5 Å². The number of hydrogen-bond acceptors (Lipinski definition) is 3. The van der Waals surface area contributed by atoms with Crippen molar-refractivity contribution < 1.29 is 4.79 Å². The molecule has 1 amide bonds. The molecule has 0 bridgehead atoms. The number of aliphatic imine (C=N–C) groups is 1. The summed E-state index contributed by atoms with van der Waals surface area (Å²) in [5, 5.41) is 18.0. The molecule has 2 aromatic rings. The summed E-state index contributed by atoms with van der Waals surface area (Å²) in [4.78, 5) is 17.0. The average molecular weight is 446 g/mol. The zero-order chi connectivity index (χ0) is 23.5. The van der Waals surface area contributed by atoms with Gasteiger partial charge in [-0.1, -0.05) is 55.8 Å². The van der Waals surface area contributed by atoms with Gasteiger partial charge in [0.2, 0.25) is 5.96 Å². The van der Waals surface area contributed by atoms with E-state index in [-0.39, 0.29) is 17.4 Å². The highest BCUT2D eigenvalue weighted by Gasteiger charge is 2.37. The highest BCUT2D eigenvalue weighted by molar-refractivity contribution is 5.94. The number of nitrogens with zero attached hydrogens (tertiary/aromatic N) is 2. The minimum absolute atomic E-state index is 0.0220. The molecule has 0 saturated heterocycles. The van der Waals surface area contributed by atoms with Gasteiger partial charge in [-0.05, 0) is 61.8 Å². The van der Waals surface area contributed by atoms with Crippen molar-refractivity contribution in [3.8, 4) is 6.19 Å². The third kappa shape index (κ3) is 6.58. The van der Waals surface area contributed by atoms with Crippen molar-refractivity contribution in [1.82, 2.24) is 16.0 Å². The fraction of sp³-hybridized carbons (Fsp3) is 0.444. The van der Waals surface area contributed by atoms with Gasteiger partial charge in [0.15, 0.2) is 6.19 Å². The van der Waals surface area contributed by atoms with Crippen LogP contribution in [0.4, 0.5) is 0 Å². The number of guanidine groups is 1. The van der Waals surface area contributed by atoms with Crippen molar-refractivity contribution in [1.29, 1.82) is 5.26 Å². The lowest BCUT2D eigenvalue weighted by Crippen LogP contribution is -2.49. The summed E-state index contributed by atoms with van der Waals surface area (Å²) >= 11 is 0. The highest BCUT2D eigenvalue weighted by atomic mass is 16.1. The molecule has 0 aromatic heterocycles. The van der Waals surface area contributed by atoms with E-state index in [1.807, 2.05) is 24.4 Å². The van der Waals surface area contributed by atoms with Crippen molar-refractivity contribution in [3.05, 3.63) is 71.3 Å². The Labute approximate surface area is 197 Å². The predicted molar refractivity (Wildman–Crippen MR) is 133 cm³/mol. The quantitative estimate of drug-likeness (QED) is 0.245. The number of unbranched alkanes of at least 4 members (excludes halogenated alkanes) is 1. The zero-order valence-corrected chi connectivity index (χ0v) is 19.7. The minimum Gasteiger partial charge on any atom is -0.353 e. The monoisotopic (exact) mass is 445 g/mol. The normalized spacial score (nSPS) is 20.5. The van der Waals surface area contributed by atoms with E-state index in [0.29, 0.717) is 18.1 Å². The first-order valence-corrected chi connectivity index (χ1v) is 11.9. The van der Waals surface area contributed by atoms with E-state index in [4.69, 9.17) is 5.26 Å². The Kier molecular flexibility index (Phi) is 8.88. The number of rotatable bonds is 8. The molecular weight excluding hydrogens is 410 g/mol. The molecule has 0 spiro atoms. The molecule has 0 aliphatic heterocycles. The molecule has 174 valence electrons. The molecular formula is C27H35N5O. The highest BCUT2D eigenvalue weighted by Crippen LogP contribution is 2.39. The van der Waals surface area contributed by atoms with Crippen molar-refractivity contribution in [2.45, 2.75) is 63.3 Å². The molecule has 1 aliphatic carbocycles. The van der Waals surface area contributed by atoms with E-state index in [0.717, 1.165) is 32.1 Å². The number of carbonyl (C=O) groups is 1. The Morgan fingerprint density at radius 1 is 1.12 bits per heavy atom. The zero-order valence-electron chi connectivity index (χ0n) is 19.7. The van der Waals surface area contributed by atoms with Crippen LogP contribution < -0.4 is 16.0 Å². The van der Waals surface area contributed by atoms with Crippen molar-refractivity contribution >= 4 is 11.9 Å². The van der Waals surface area contributed by atoms with Crippen molar-refractivity contribution in [2.75, 3.05) is 13.6 Å². The summed E-state index contributed by atoms with van der Waals surface area (Å²) in [5.41, 5.74) is 3.14. The first kappa shape index (κ1) is 24.3. The van der Waals surface area contributed by atoms with Gasteiger partial charge in [0.05, 0.1) is 0 Å². The molecule has 6 nitrogen and oxygen atoms in total. The second-order valence-electron chi connectivity index (χ2n) is 8.86. The summed E-state index contributed by atoms with van der Waals surface area (Å²) in [6.45, 7) is 2.79. The van der Waals surface area contributed by atoms with Crippen molar-refractivity contribution in [3.63, 3.8) is 0 Å². The summed E-state index contributed by atoms with van der Waals surface area (Å²) < 4.78 is 0. The molecule has 0 radical (unpaired) electrons. The van der Waals surface area contributed by atoms with Crippen molar-refractivity contribution in [2.24, 2.45) is 4.99 Å². The van der Waals surface area contributed by atoms with E-state index in [2.05, 4.69) is 64.3 Å². The first-order valence-electron chi connectivity index (χ1n) is 11.9. The number of nitrogens with one attached hydrogen (secondary N) is 3. The van der Waals surface area contributed by atoms with Gasteiger partial charge in [-0.3, -0.25) is 15.1 Å². The number of nitriles is 1. The van der Waals surface area contributed by atoms with Gasteiger partial charge in [0, 0.05) is 30.6 Å². The molecule has 2 aromatic carbocycles. The summed E-state index contributed by atoms with van der Waals surface area (Å²) in [7, 11) is 1.66. The average Bonchev–Trinajstić information content (AvgIpc) is 2.87. The van der Waals surface area contributed by atoms with Gasteiger partial charge in [0.25, 0.3) is 5.91 Å². The van der Waals surface area contributed by atoms with Crippen LogP contribution in [0.15, 0.2) is 59.6 Å². The van der Waals surface area contributed by atoms with Gasteiger partial charge < -0.3 is 10.6 Å². The number of amides is 1. The summed E-state index contributed by atoms with van der Waals surface area (Å²) in [6.07, 6.45) is 9.05. The Hall–Kier alpha value is -3.33. The molecule has 3 N–H and O–H groups in total. The van der Waals surface area contributed by atoms with Crippen LogP contribution >= 0.6 is 0 Å². The van der Waals surface area contributed by atoms with Crippen LogP contribution in [0.1, 0.15) is 66.9 Å². The maximum atomic E-state index is 12.9. The Morgan fingerprint density at radius 3 is 2.42 bits per heavy atom. The number of benzene rings is 2. The number of carbonyl (C=O) groups excluding carboxylic acids is 1. The molecule has 0 unspecified atom stereocenters. The predicted octanol–water partition coefficient (Wildman–Crippen LogP) is 4.29. The van der Waals surface area contributed by atoms with E-state index in [9.17, 15) is 4.79 Å². The van der Waals surface area contributed by atoms with E-state index >= 15 is 0 Å². The minimum atomic E-state index is -0.109. The van der Waals surface area contributed by atoms with E-state index in [1.54, 1.807) is 7.05 Å². The van der Waals surface area contributed by atoms with Crippen LogP contribution in [-0.4, -0.2) is 31.5 Å². The standard InChI is InChI=1S/C27H35N5O/c1-3-4-8-21-11-13-22(14-12-21)25(33)30-19-27(23-9-6-5-7-10-23)17-15-24(16-18-27)32-26(29-2)31-20-28/h5-7,9-14,24H,3-4,8,15-19H2,1-2H3,(H,30,33)(H2,29,31,32). The lowest BCUT2D eigenvalue weighted by Gasteiger charge is -2.41. The Morgan fingerprint density at radius 2 is 1.82 bits per heavy atom. The van der Waals surface area contributed by atoms with Gasteiger partial charge in [-0.2, -0.15) is 5.26 Å². The van der Waals surface area contributed by atoms with Gasteiger partial charge in [-0.25, -0.2) is 0 Å². The third-order valence-corrected chi connectivity index (χ3v) is 6.69. The first-order chi connectivity index (χ1) is 16.1. The third-order valence-electron chi connectivity index (χ3n) is 6.69. The fourth-order valence-corrected chi connectivity index (χ4v) is 4.63. The SMILES string of the molecule is CCCCc1ccc(C(=O)NCC2(c3ccccc3)CCC(NC(=NC)NC#N)CC2)cc1. The molecule has 6 heteroatoms. The van der Waals surface area contributed by atoms with Crippen LogP contribution in [0.25, 0.3) is 0 Å². The summed E-state index contributed by atoms with van der Waals surface area (Å²) in [5.74, 6) is 0.483. The second kappa shape index (κ2) is 12.1. The maximum absolute atomic E-state index is 12.9. The Balaban J connectivity index is 1.66. The molecule has 1 saturated carbocycles. The molecule has 1 aliphatic rings. The topological polar surface area (TPSA) is 89.3 Å². The molecule has 33 heavy (non-hydrogen) atoms. The molecule has 3 rings (SSSR count). The van der Waals surface area contributed by atoms with Crippen LogP contribution in [-0.2, 0) is 11.8 Å².